The molecule has 2 fully saturated rings. The van der Waals surface area contributed by atoms with Crippen molar-refractivity contribution in [3.05, 3.63) is 0 Å². The monoisotopic (exact) mass is 256 g/mol. The van der Waals surface area contributed by atoms with Crippen molar-refractivity contribution in [2.75, 3.05) is 39.3 Å². The molecule has 2 atom stereocenters. The van der Waals surface area contributed by atoms with Crippen molar-refractivity contribution in [3.8, 4) is 0 Å². The number of alkyl carbamates (subject to hydrolysis) is 1. The third-order valence-electron chi connectivity index (χ3n) is 3.19. The molecule has 2 amide bonds. The zero-order chi connectivity index (χ0) is 13.0. The Hall–Kier alpha value is -1.34. The average Bonchev–Trinajstić information content (AvgIpc) is 2.76. The largest absolute Gasteiger partial charge is 0.443 e. The summed E-state index contributed by atoms with van der Waals surface area (Å²) in [5.74, 6) is 0.0296. The number of rotatable bonds is 4. The van der Waals surface area contributed by atoms with Crippen molar-refractivity contribution in [1.29, 1.82) is 0 Å². The Morgan fingerprint density at radius 3 is 3.06 bits per heavy atom. The quantitative estimate of drug-likeness (QED) is 0.570. The maximum atomic E-state index is 11.9. The summed E-state index contributed by atoms with van der Waals surface area (Å²) < 4.78 is 5.11. The Labute approximate surface area is 106 Å². The van der Waals surface area contributed by atoms with Gasteiger partial charge in [0.2, 0.25) is 5.91 Å². The van der Waals surface area contributed by atoms with Crippen LogP contribution in [0.4, 0.5) is 4.79 Å². The van der Waals surface area contributed by atoms with Crippen LogP contribution in [0.15, 0.2) is 0 Å². The lowest BCUT2D eigenvalue weighted by molar-refractivity contribution is -0.127. The molecule has 2 aliphatic heterocycles. The summed E-state index contributed by atoms with van der Waals surface area (Å²) in [5.41, 5.74) is 0. The fourth-order valence-electron chi connectivity index (χ4n) is 2.31. The van der Waals surface area contributed by atoms with Crippen LogP contribution in [-0.4, -0.2) is 68.3 Å². The van der Waals surface area contributed by atoms with E-state index in [4.69, 9.17) is 4.74 Å². The summed E-state index contributed by atoms with van der Waals surface area (Å²) in [6, 6.07) is -0.182. The fraction of sp³-hybridized carbons (Fsp3) is 0.818. The molecule has 2 aliphatic rings. The molecule has 2 heterocycles. The number of amides is 2. The number of hydrogen-bond donors (Lipinski definition) is 3. The SMILES string of the molecule is CCNC(=O)C1CNCCN1CC1CNC(=O)O1. The Morgan fingerprint density at radius 2 is 2.39 bits per heavy atom. The molecule has 0 saturated carbocycles. The number of carbonyl (C=O) groups is 2. The highest BCUT2D eigenvalue weighted by molar-refractivity contribution is 5.82. The fourth-order valence-corrected chi connectivity index (χ4v) is 2.31. The number of nitrogens with zero attached hydrogens (tertiary/aromatic N) is 1. The van der Waals surface area contributed by atoms with Crippen LogP contribution < -0.4 is 16.0 Å². The number of cyclic esters (lactones) is 1. The number of nitrogens with one attached hydrogen (secondary N) is 3. The van der Waals surface area contributed by atoms with Gasteiger partial charge in [0.15, 0.2) is 0 Å². The van der Waals surface area contributed by atoms with Crippen LogP contribution >= 0.6 is 0 Å². The van der Waals surface area contributed by atoms with E-state index in [-0.39, 0.29) is 24.1 Å². The van der Waals surface area contributed by atoms with E-state index < -0.39 is 0 Å². The smallest absolute Gasteiger partial charge is 0.407 e. The van der Waals surface area contributed by atoms with E-state index in [1.54, 1.807) is 0 Å². The molecule has 0 aromatic carbocycles. The van der Waals surface area contributed by atoms with Gasteiger partial charge in [-0.15, -0.1) is 0 Å². The number of hydrogen-bond acceptors (Lipinski definition) is 5. The molecular formula is C11H20N4O3. The Morgan fingerprint density at radius 1 is 1.56 bits per heavy atom. The van der Waals surface area contributed by atoms with Crippen LogP contribution in [0.5, 0.6) is 0 Å². The summed E-state index contributed by atoms with van der Waals surface area (Å²) in [4.78, 5) is 25.0. The molecule has 0 aliphatic carbocycles. The van der Waals surface area contributed by atoms with Crippen LogP contribution in [0.1, 0.15) is 6.92 Å². The number of piperazine rings is 1. The van der Waals surface area contributed by atoms with Gasteiger partial charge in [-0.1, -0.05) is 0 Å². The highest BCUT2D eigenvalue weighted by atomic mass is 16.6. The topological polar surface area (TPSA) is 82.7 Å². The summed E-state index contributed by atoms with van der Waals surface area (Å²) >= 11 is 0. The van der Waals surface area contributed by atoms with E-state index in [2.05, 4.69) is 20.9 Å². The molecule has 0 aromatic rings. The van der Waals surface area contributed by atoms with Gasteiger partial charge < -0.3 is 20.7 Å². The first-order valence-electron chi connectivity index (χ1n) is 6.37. The highest BCUT2D eigenvalue weighted by Gasteiger charge is 2.32. The Balaban J connectivity index is 1.90. The van der Waals surface area contributed by atoms with Gasteiger partial charge in [-0.2, -0.15) is 0 Å². The van der Waals surface area contributed by atoms with Gasteiger partial charge in [0, 0.05) is 32.7 Å². The molecule has 2 rings (SSSR count). The van der Waals surface area contributed by atoms with Gasteiger partial charge in [-0.25, -0.2) is 4.79 Å². The molecular weight excluding hydrogens is 236 g/mol. The van der Waals surface area contributed by atoms with Gasteiger partial charge in [-0.05, 0) is 6.92 Å². The summed E-state index contributed by atoms with van der Waals surface area (Å²) in [7, 11) is 0. The van der Waals surface area contributed by atoms with Gasteiger partial charge in [0.05, 0.1) is 6.54 Å². The van der Waals surface area contributed by atoms with Gasteiger partial charge in [0.25, 0.3) is 0 Å². The minimum atomic E-state index is -0.371. The van der Waals surface area contributed by atoms with Crippen molar-refractivity contribution in [3.63, 3.8) is 0 Å². The van der Waals surface area contributed by atoms with E-state index in [0.717, 1.165) is 13.1 Å². The van der Waals surface area contributed by atoms with Crippen molar-refractivity contribution in [2.45, 2.75) is 19.1 Å². The standard InChI is InChI=1S/C11H20N4O3/c1-2-13-10(16)9-6-12-3-4-15(9)7-8-5-14-11(17)18-8/h8-9,12H,2-7H2,1H3,(H,13,16)(H,14,17). The van der Waals surface area contributed by atoms with Crippen molar-refractivity contribution < 1.29 is 14.3 Å². The average molecular weight is 256 g/mol. The summed E-state index contributed by atoms with van der Waals surface area (Å²) in [5, 5.41) is 8.67. The summed E-state index contributed by atoms with van der Waals surface area (Å²) in [6.07, 6.45) is -0.530. The Kier molecular flexibility index (Phi) is 4.38. The lowest BCUT2D eigenvalue weighted by Gasteiger charge is -2.35. The van der Waals surface area contributed by atoms with Crippen LogP contribution in [0.25, 0.3) is 0 Å². The second-order valence-electron chi connectivity index (χ2n) is 4.52. The second-order valence-corrected chi connectivity index (χ2v) is 4.52. The maximum absolute atomic E-state index is 11.9. The predicted molar refractivity (Wildman–Crippen MR) is 65.2 cm³/mol. The Bertz CT molecular complexity index is 323. The zero-order valence-electron chi connectivity index (χ0n) is 10.6. The van der Waals surface area contributed by atoms with E-state index in [1.165, 1.54) is 0 Å². The van der Waals surface area contributed by atoms with Crippen LogP contribution in [0.2, 0.25) is 0 Å². The number of likely N-dealkylation sites (N-methyl/N-ethyl adjacent to an activating group) is 1. The highest BCUT2D eigenvalue weighted by Crippen LogP contribution is 2.09. The molecule has 102 valence electrons. The maximum Gasteiger partial charge on any atom is 0.407 e. The molecule has 0 radical (unpaired) electrons. The second kappa shape index (κ2) is 6.01. The molecule has 2 unspecified atom stereocenters. The van der Waals surface area contributed by atoms with Crippen LogP contribution in [0, 0.1) is 0 Å². The third-order valence-corrected chi connectivity index (χ3v) is 3.19. The molecule has 7 heteroatoms. The first-order valence-corrected chi connectivity index (χ1v) is 6.37. The normalized spacial score (nSPS) is 28.6. The molecule has 7 nitrogen and oxygen atoms in total. The lowest BCUT2D eigenvalue weighted by atomic mass is 10.1. The van der Waals surface area contributed by atoms with Gasteiger partial charge in [-0.3, -0.25) is 9.69 Å². The predicted octanol–water partition coefficient (Wildman–Crippen LogP) is -1.50. The minimum absolute atomic E-state index is 0.0296. The van der Waals surface area contributed by atoms with E-state index in [0.29, 0.717) is 26.2 Å². The lowest BCUT2D eigenvalue weighted by Crippen LogP contribution is -2.59. The minimum Gasteiger partial charge on any atom is -0.443 e. The van der Waals surface area contributed by atoms with Gasteiger partial charge >= 0.3 is 6.09 Å². The van der Waals surface area contributed by atoms with Crippen molar-refractivity contribution in [1.82, 2.24) is 20.9 Å². The zero-order valence-corrected chi connectivity index (χ0v) is 10.6. The van der Waals surface area contributed by atoms with E-state index in [9.17, 15) is 9.59 Å². The van der Waals surface area contributed by atoms with E-state index >= 15 is 0 Å². The summed E-state index contributed by atoms with van der Waals surface area (Å²) in [6.45, 7) is 5.93. The van der Waals surface area contributed by atoms with Crippen LogP contribution in [-0.2, 0) is 9.53 Å². The molecule has 3 N–H and O–H groups in total. The molecule has 18 heavy (non-hydrogen) atoms. The third kappa shape index (κ3) is 3.11. The molecule has 0 aromatic heterocycles. The first-order chi connectivity index (χ1) is 8.70. The number of ether oxygens (including phenoxy) is 1. The van der Waals surface area contributed by atoms with Crippen molar-refractivity contribution >= 4 is 12.0 Å². The van der Waals surface area contributed by atoms with Gasteiger partial charge in [0.1, 0.15) is 12.1 Å². The molecule has 0 bridgehead atoms. The van der Waals surface area contributed by atoms with Crippen molar-refractivity contribution in [2.24, 2.45) is 0 Å². The van der Waals surface area contributed by atoms with E-state index in [1.807, 2.05) is 6.92 Å². The molecule has 0 spiro atoms. The van der Waals surface area contributed by atoms with Crippen LogP contribution in [0.3, 0.4) is 0 Å². The first kappa shape index (κ1) is 13.1. The number of carbonyl (C=O) groups excluding carboxylic acids is 2. The molecule has 2 saturated heterocycles.